The third kappa shape index (κ3) is 7.53. The van der Waals surface area contributed by atoms with Gasteiger partial charge in [0.15, 0.2) is 0 Å². The van der Waals surface area contributed by atoms with Crippen LogP contribution in [0.3, 0.4) is 0 Å². The minimum Gasteiger partial charge on any atom is -0.356 e. The van der Waals surface area contributed by atoms with E-state index in [2.05, 4.69) is 24.1 Å². The largest absolute Gasteiger partial charge is 0.356 e. The second-order valence-corrected chi connectivity index (χ2v) is 6.16. The van der Waals surface area contributed by atoms with E-state index in [1.165, 1.54) is 38.9 Å². The highest BCUT2D eigenvalue weighted by atomic mass is 16.1. The molecule has 1 aliphatic heterocycles. The maximum absolute atomic E-state index is 11.5. The monoisotopic (exact) mass is 269 g/mol. The van der Waals surface area contributed by atoms with Crippen molar-refractivity contribution in [2.24, 2.45) is 17.6 Å². The van der Waals surface area contributed by atoms with E-state index in [-0.39, 0.29) is 5.91 Å². The number of piperidine rings is 1. The second-order valence-electron chi connectivity index (χ2n) is 6.16. The summed E-state index contributed by atoms with van der Waals surface area (Å²) in [6.45, 7) is 9.62. The lowest BCUT2D eigenvalue weighted by atomic mass is 9.96. The molecular weight excluding hydrogens is 238 g/mol. The van der Waals surface area contributed by atoms with Crippen molar-refractivity contribution >= 4 is 5.91 Å². The molecule has 0 radical (unpaired) electrons. The Balaban J connectivity index is 2.08. The first-order chi connectivity index (χ1) is 9.11. The van der Waals surface area contributed by atoms with Gasteiger partial charge in [0, 0.05) is 13.0 Å². The van der Waals surface area contributed by atoms with Gasteiger partial charge in [-0.1, -0.05) is 13.8 Å². The van der Waals surface area contributed by atoms with Gasteiger partial charge in [-0.15, -0.1) is 0 Å². The Labute approximate surface area is 118 Å². The van der Waals surface area contributed by atoms with E-state index >= 15 is 0 Å². The molecule has 1 fully saturated rings. The topological polar surface area (TPSA) is 58.4 Å². The molecule has 0 unspecified atom stereocenters. The predicted octanol–water partition coefficient (Wildman–Crippen LogP) is 1.60. The van der Waals surface area contributed by atoms with Crippen LogP contribution >= 0.6 is 0 Å². The van der Waals surface area contributed by atoms with Gasteiger partial charge in [0.1, 0.15) is 0 Å². The van der Waals surface area contributed by atoms with Gasteiger partial charge in [0.2, 0.25) is 5.91 Å². The molecule has 1 heterocycles. The van der Waals surface area contributed by atoms with Gasteiger partial charge in [-0.3, -0.25) is 4.79 Å². The normalized spacial score (nSPS) is 17.9. The summed E-state index contributed by atoms with van der Waals surface area (Å²) in [5.41, 5.74) is 5.40. The van der Waals surface area contributed by atoms with E-state index in [0.717, 1.165) is 18.9 Å². The summed E-state index contributed by atoms with van der Waals surface area (Å²) in [5.74, 6) is 1.62. The van der Waals surface area contributed by atoms with Crippen molar-refractivity contribution in [3.8, 4) is 0 Å². The number of carbonyl (C=O) groups is 1. The first-order valence-corrected chi connectivity index (χ1v) is 7.81. The summed E-state index contributed by atoms with van der Waals surface area (Å²) in [7, 11) is 0. The van der Waals surface area contributed by atoms with Crippen LogP contribution < -0.4 is 11.1 Å². The average molecular weight is 269 g/mol. The highest BCUT2D eigenvalue weighted by Crippen LogP contribution is 2.17. The van der Waals surface area contributed by atoms with Gasteiger partial charge < -0.3 is 16.0 Å². The van der Waals surface area contributed by atoms with E-state index in [1.807, 2.05) is 0 Å². The smallest absolute Gasteiger partial charge is 0.220 e. The van der Waals surface area contributed by atoms with Crippen LogP contribution in [-0.4, -0.2) is 43.5 Å². The van der Waals surface area contributed by atoms with Gasteiger partial charge in [-0.05, 0) is 63.7 Å². The molecule has 1 aliphatic rings. The molecule has 1 saturated heterocycles. The van der Waals surface area contributed by atoms with Crippen LogP contribution in [0.4, 0.5) is 0 Å². The van der Waals surface area contributed by atoms with Crippen LogP contribution in [0.15, 0.2) is 0 Å². The van der Waals surface area contributed by atoms with Crippen molar-refractivity contribution in [2.75, 3.05) is 32.7 Å². The predicted molar refractivity (Wildman–Crippen MR) is 79.9 cm³/mol. The van der Waals surface area contributed by atoms with E-state index < -0.39 is 0 Å². The third-order valence-electron chi connectivity index (χ3n) is 3.93. The zero-order valence-electron chi connectivity index (χ0n) is 12.7. The minimum absolute atomic E-state index is 0.160. The third-order valence-corrected chi connectivity index (χ3v) is 3.93. The summed E-state index contributed by atoms with van der Waals surface area (Å²) >= 11 is 0. The molecule has 0 bridgehead atoms. The molecule has 0 atom stereocenters. The SMILES string of the molecule is CC(C)CCN1CCC(CNC(=O)CCCN)CC1. The number of amides is 1. The molecule has 112 valence electrons. The van der Waals surface area contributed by atoms with Gasteiger partial charge in [-0.25, -0.2) is 0 Å². The Hall–Kier alpha value is -0.610. The molecule has 1 rings (SSSR count). The molecule has 0 aliphatic carbocycles. The molecule has 4 heteroatoms. The fourth-order valence-corrected chi connectivity index (χ4v) is 2.46. The first kappa shape index (κ1) is 16.4. The van der Waals surface area contributed by atoms with Gasteiger partial charge in [0.25, 0.3) is 0 Å². The van der Waals surface area contributed by atoms with E-state index in [4.69, 9.17) is 5.73 Å². The maximum Gasteiger partial charge on any atom is 0.220 e. The quantitative estimate of drug-likeness (QED) is 0.703. The number of rotatable bonds is 8. The molecule has 0 saturated carbocycles. The number of hydrogen-bond donors (Lipinski definition) is 2. The summed E-state index contributed by atoms with van der Waals surface area (Å²) < 4.78 is 0. The molecule has 3 N–H and O–H groups in total. The van der Waals surface area contributed by atoms with Crippen LogP contribution in [-0.2, 0) is 4.79 Å². The van der Waals surface area contributed by atoms with E-state index in [9.17, 15) is 4.79 Å². The highest BCUT2D eigenvalue weighted by molar-refractivity contribution is 5.75. The Morgan fingerprint density at radius 2 is 2.05 bits per heavy atom. The number of nitrogens with two attached hydrogens (primary N) is 1. The highest BCUT2D eigenvalue weighted by Gasteiger charge is 2.19. The zero-order valence-corrected chi connectivity index (χ0v) is 12.7. The Morgan fingerprint density at radius 1 is 1.37 bits per heavy atom. The number of carbonyl (C=O) groups excluding carboxylic acids is 1. The first-order valence-electron chi connectivity index (χ1n) is 7.81. The fraction of sp³-hybridized carbons (Fsp3) is 0.933. The van der Waals surface area contributed by atoms with Gasteiger partial charge in [-0.2, -0.15) is 0 Å². The van der Waals surface area contributed by atoms with Crippen LogP contribution in [0.1, 0.15) is 46.0 Å². The lowest BCUT2D eigenvalue weighted by Crippen LogP contribution is -2.39. The van der Waals surface area contributed by atoms with Crippen molar-refractivity contribution in [1.29, 1.82) is 0 Å². The summed E-state index contributed by atoms with van der Waals surface area (Å²) in [6.07, 6.45) is 5.09. The summed E-state index contributed by atoms with van der Waals surface area (Å²) in [6, 6.07) is 0. The molecule has 0 spiro atoms. The maximum atomic E-state index is 11.5. The second kappa shape index (κ2) is 9.32. The molecule has 4 nitrogen and oxygen atoms in total. The fourth-order valence-electron chi connectivity index (χ4n) is 2.46. The summed E-state index contributed by atoms with van der Waals surface area (Å²) in [5, 5.41) is 3.04. The van der Waals surface area contributed by atoms with Crippen molar-refractivity contribution in [1.82, 2.24) is 10.2 Å². The standard InChI is InChI=1S/C15H31N3O/c1-13(2)5-9-18-10-6-14(7-11-18)12-17-15(19)4-3-8-16/h13-14H,3-12,16H2,1-2H3,(H,17,19). The Kier molecular flexibility index (Phi) is 8.07. The van der Waals surface area contributed by atoms with Crippen molar-refractivity contribution in [3.63, 3.8) is 0 Å². The van der Waals surface area contributed by atoms with Crippen LogP contribution in [0.5, 0.6) is 0 Å². The van der Waals surface area contributed by atoms with Crippen molar-refractivity contribution < 1.29 is 4.79 Å². The van der Waals surface area contributed by atoms with Gasteiger partial charge in [0.05, 0.1) is 0 Å². The zero-order chi connectivity index (χ0) is 14.1. The molecule has 0 aromatic heterocycles. The number of hydrogen-bond acceptors (Lipinski definition) is 3. The van der Waals surface area contributed by atoms with E-state index in [0.29, 0.717) is 18.9 Å². The molecule has 19 heavy (non-hydrogen) atoms. The summed E-state index contributed by atoms with van der Waals surface area (Å²) in [4.78, 5) is 14.1. The van der Waals surface area contributed by atoms with Gasteiger partial charge >= 0.3 is 0 Å². The van der Waals surface area contributed by atoms with Crippen LogP contribution in [0, 0.1) is 11.8 Å². The lowest BCUT2D eigenvalue weighted by molar-refractivity contribution is -0.121. The van der Waals surface area contributed by atoms with Crippen molar-refractivity contribution in [2.45, 2.75) is 46.0 Å². The van der Waals surface area contributed by atoms with Crippen LogP contribution in [0.25, 0.3) is 0 Å². The Morgan fingerprint density at radius 3 is 2.63 bits per heavy atom. The number of nitrogens with zero attached hydrogens (tertiary/aromatic N) is 1. The Bertz CT molecular complexity index is 248. The average Bonchev–Trinajstić information content (AvgIpc) is 2.41. The molecular formula is C15H31N3O. The number of likely N-dealkylation sites (tertiary alicyclic amines) is 1. The van der Waals surface area contributed by atoms with E-state index in [1.54, 1.807) is 0 Å². The molecule has 1 amide bonds. The molecule has 0 aromatic rings. The van der Waals surface area contributed by atoms with Crippen molar-refractivity contribution in [3.05, 3.63) is 0 Å². The lowest BCUT2D eigenvalue weighted by Gasteiger charge is -2.32. The molecule has 0 aromatic carbocycles. The minimum atomic E-state index is 0.160. The van der Waals surface area contributed by atoms with Crippen LogP contribution in [0.2, 0.25) is 0 Å². The number of nitrogens with one attached hydrogen (secondary N) is 1.